The smallest absolute Gasteiger partial charge is 0.261 e. The molecule has 0 saturated carbocycles. The van der Waals surface area contributed by atoms with E-state index in [0.717, 1.165) is 37.2 Å². The Morgan fingerprint density at radius 3 is 2.71 bits per heavy atom. The first-order chi connectivity index (χ1) is 11.6. The van der Waals surface area contributed by atoms with Gasteiger partial charge in [-0.15, -0.1) is 0 Å². The topological polar surface area (TPSA) is 58.4 Å². The van der Waals surface area contributed by atoms with Crippen LogP contribution >= 0.6 is 15.9 Å². The first kappa shape index (κ1) is 17.1. The van der Waals surface area contributed by atoms with E-state index < -0.39 is 0 Å². The molecule has 1 aromatic heterocycles. The second-order valence-electron chi connectivity index (χ2n) is 5.97. The molecule has 0 bridgehead atoms. The maximum absolute atomic E-state index is 12.5. The number of fused-ring (bicyclic) bond motifs is 1. The molecule has 0 radical (unpaired) electrons. The van der Waals surface area contributed by atoms with Crippen molar-refractivity contribution in [1.82, 2.24) is 19.4 Å². The molecule has 6 nitrogen and oxygen atoms in total. The lowest BCUT2D eigenvalue weighted by Gasteiger charge is -2.34. The zero-order valence-electron chi connectivity index (χ0n) is 13.7. The third-order valence-corrected chi connectivity index (χ3v) is 5.02. The molecular formula is C17H21BrN4O2. The molecule has 2 aromatic rings. The number of likely N-dealkylation sites (N-methyl/N-ethyl adjacent to an activating group) is 1. The van der Waals surface area contributed by atoms with E-state index >= 15 is 0 Å². The number of halogens is 1. The van der Waals surface area contributed by atoms with Gasteiger partial charge in [0.05, 0.1) is 17.2 Å². The monoisotopic (exact) mass is 392 g/mol. The molecule has 1 fully saturated rings. The minimum atomic E-state index is -0.107. The van der Waals surface area contributed by atoms with E-state index in [9.17, 15) is 9.59 Å². The van der Waals surface area contributed by atoms with Crippen LogP contribution in [0.2, 0.25) is 0 Å². The number of benzene rings is 1. The average molecular weight is 393 g/mol. The van der Waals surface area contributed by atoms with E-state index in [2.05, 4.69) is 32.7 Å². The molecular weight excluding hydrogens is 372 g/mol. The Morgan fingerprint density at radius 2 is 2.00 bits per heavy atom. The van der Waals surface area contributed by atoms with Crippen LogP contribution in [0.25, 0.3) is 10.9 Å². The first-order valence-corrected chi connectivity index (χ1v) is 9.02. The van der Waals surface area contributed by atoms with Crippen molar-refractivity contribution in [1.29, 1.82) is 0 Å². The number of nitrogens with zero attached hydrogens (tertiary/aromatic N) is 4. The van der Waals surface area contributed by atoms with Crippen molar-refractivity contribution in [3.63, 3.8) is 0 Å². The third kappa shape index (κ3) is 3.67. The van der Waals surface area contributed by atoms with Crippen LogP contribution in [-0.2, 0) is 11.3 Å². The molecule has 0 spiro atoms. The Balaban J connectivity index is 1.66. The predicted octanol–water partition coefficient (Wildman–Crippen LogP) is 1.71. The number of hydrogen-bond donors (Lipinski definition) is 0. The van der Waals surface area contributed by atoms with Crippen LogP contribution in [0.4, 0.5) is 0 Å². The number of carbonyl (C=O) groups excluding carboxylic acids is 1. The summed E-state index contributed by atoms with van der Waals surface area (Å²) in [4.78, 5) is 33.4. The van der Waals surface area contributed by atoms with Crippen molar-refractivity contribution >= 4 is 32.7 Å². The molecule has 1 amide bonds. The average Bonchev–Trinajstić information content (AvgIpc) is 2.61. The third-order valence-electron chi connectivity index (χ3n) is 4.52. The fraction of sp³-hybridized carbons (Fsp3) is 0.471. The van der Waals surface area contributed by atoms with Gasteiger partial charge in [-0.3, -0.25) is 14.2 Å². The van der Waals surface area contributed by atoms with Gasteiger partial charge in [-0.1, -0.05) is 22.9 Å². The largest absolute Gasteiger partial charge is 0.340 e. The molecule has 1 aliphatic rings. The predicted molar refractivity (Wildman–Crippen MR) is 97.0 cm³/mol. The molecule has 0 aliphatic carbocycles. The molecule has 3 rings (SSSR count). The number of hydrogen-bond acceptors (Lipinski definition) is 4. The van der Waals surface area contributed by atoms with E-state index in [0.29, 0.717) is 23.9 Å². The first-order valence-electron chi connectivity index (χ1n) is 8.23. The Morgan fingerprint density at radius 1 is 1.25 bits per heavy atom. The minimum Gasteiger partial charge on any atom is -0.340 e. The summed E-state index contributed by atoms with van der Waals surface area (Å²) < 4.78 is 2.37. The summed E-state index contributed by atoms with van der Waals surface area (Å²) in [7, 11) is 0. The normalized spacial score (nSPS) is 15.8. The molecule has 7 heteroatoms. The highest BCUT2D eigenvalue weighted by atomic mass is 79.9. The summed E-state index contributed by atoms with van der Waals surface area (Å²) in [6.07, 6.45) is 1.86. The van der Waals surface area contributed by atoms with E-state index in [-0.39, 0.29) is 11.5 Å². The zero-order chi connectivity index (χ0) is 17.1. The Labute approximate surface area is 149 Å². The van der Waals surface area contributed by atoms with Gasteiger partial charge in [-0.2, -0.15) is 0 Å². The summed E-state index contributed by atoms with van der Waals surface area (Å²) in [6, 6.07) is 5.44. The highest BCUT2D eigenvalue weighted by Crippen LogP contribution is 2.15. The van der Waals surface area contributed by atoms with Gasteiger partial charge in [0.25, 0.3) is 5.56 Å². The fourth-order valence-electron chi connectivity index (χ4n) is 2.98. The molecule has 1 saturated heterocycles. The van der Waals surface area contributed by atoms with Crippen molar-refractivity contribution in [2.45, 2.75) is 19.9 Å². The number of carbonyl (C=O) groups is 1. The van der Waals surface area contributed by atoms with E-state index in [1.54, 1.807) is 6.07 Å². The highest BCUT2D eigenvalue weighted by Gasteiger charge is 2.20. The van der Waals surface area contributed by atoms with Gasteiger partial charge >= 0.3 is 0 Å². The van der Waals surface area contributed by atoms with Gasteiger partial charge in [-0.05, 0) is 24.7 Å². The summed E-state index contributed by atoms with van der Waals surface area (Å²) in [5, 5.41) is 0.566. The highest BCUT2D eigenvalue weighted by molar-refractivity contribution is 9.10. The number of aryl methyl sites for hydroxylation is 1. The lowest BCUT2D eigenvalue weighted by atomic mass is 10.2. The zero-order valence-corrected chi connectivity index (χ0v) is 15.3. The van der Waals surface area contributed by atoms with Crippen LogP contribution in [0.5, 0.6) is 0 Å². The molecule has 128 valence electrons. The number of piperazine rings is 1. The summed E-state index contributed by atoms with van der Waals surface area (Å²) in [5.41, 5.74) is 0.561. The molecule has 2 heterocycles. The maximum atomic E-state index is 12.5. The van der Waals surface area contributed by atoms with Gasteiger partial charge in [-0.25, -0.2) is 4.98 Å². The Bertz CT molecular complexity index is 797. The molecule has 1 aromatic carbocycles. The number of amides is 1. The van der Waals surface area contributed by atoms with Crippen LogP contribution in [0.3, 0.4) is 0 Å². The van der Waals surface area contributed by atoms with Crippen LogP contribution in [0.15, 0.2) is 33.8 Å². The standard InChI is InChI=1S/C17H21BrN4O2/c1-2-20-7-9-21(10-8-20)16(23)5-6-22-12-19-15-4-3-13(18)11-14(15)17(22)24/h3-4,11-12H,2,5-10H2,1H3. The van der Waals surface area contributed by atoms with Gasteiger partial charge < -0.3 is 9.80 Å². The Kier molecular flexibility index (Phi) is 5.30. The van der Waals surface area contributed by atoms with Gasteiger partial charge in [0.15, 0.2) is 0 Å². The minimum absolute atomic E-state index is 0.104. The lowest BCUT2D eigenvalue weighted by Crippen LogP contribution is -2.48. The van der Waals surface area contributed by atoms with Crippen molar-refractivity contribution in [2.75, 3.05) is 32.7 Å². The number of rotatable bonds is 4. The van der Waals surface area contributed by atoms with Crippen LogP contribution in [-0.4, -0.2) is 58.0 Å². The second-order valence-corrected chi connectivity index (χ2v) is 6.89. The van der Waals surface area contributed by atoms with Gasteiger partial charge in [0.2, 0.25) is 5.91 Å². The molecule has 24 heavy (non-hydrogen) atoms. The van der Waals surface area contributed by atoms with Crippen LogP contribution in [0, 0.1) is 0 Å². The summed E-state index contributed by atoms with van der Waals surface area (Å²) >= 11 is 3.38. The SMILES string of the molecule is CCN1CCN(C(=O)CCn2cnc3ccc(Br)cc3c2=O)CC1. The van der Waals surface area contributed by atoms with Gasteiger partial charge in [0.1, 0.15) is 0 Å². The Hall–Kier alpha value is -1.73. The van der Waals surface area contributed by atoms with Gasteiger partial charge in [0, 0.05) is 43.6 Å². The van der Waals surface area contributed by atoms with Crippen molar-refractivity contribution in [3.8, 4) is 0 Å². The number of aromatic nitrogens is 2. The molecule has 0 unspecified atom stereocenters. The van der Waals surface area contributed by atoms with Crippen LogP contribution < -0.4 is 5.56 Å². The van der Waals surface area contributed by atoms with Crippen molar-refractivity contribution < 1.29 is 4.79 Å². The van der Waals surface area contributed by atoms with E-state index in [4.69, 9.17) is 0 Å². The summed E-state index contributed by atoms with van der Waals surface area (Å²) in [5.74, 6) is 0.104. The van der Waals surface area contributed by atoms with Crippen LogP contribution in [0.1, 0.15) is 13.3 Å². The van der Waals surface area contributed by atoms with E-state index in [1.807, 2.05) is 17.0 Å². The second kappa shape index (κ2) is 7.44. The summed E-state index contributed by atoms with van der Waals surface area (Å²) in [6.45, 7) is 6.91. The molecule has 1 aliphatic heterocycles. The van der Waals surface area contributed by atoms with E-state index in [1.165, 1.54) is 10.9 Å². The van der Waals surface area contributed by atoms with Crippen molar-refractivity contribution in [2.24, 2.45) is 0 Å². The lowest BCUT2D eigenvalue weighted by molar-refractivity contribution is -0.133. The molecule has 0 atom stereocenters. The fourth-order valence-corrected chi connectivity index (χ4v) is 3.34. The molecule has 0 N–H and O–H groups in total. The van der Waals surface area contributed by atoms with Crippen molar-refractivity contribution in [3.05, 3.63) is 39.4 Å². The quantitative estimate of drug-likeness (QED) is 0.794. The maximum Gasteiger partial charge on any atom is 0.261 e.